The number of rotatable bonds is 4. The number of furan rings is 1. The molecule has 0 atom stereocenters. The highest BCUT2D eigenvalue weighted by Crippen LogP contribution is 2.45. The molecule has 194 valence electrons. The average Bonchev–Trinajstić information content (AvgIpc) is 3.58. The fraction of sp³-hybridized carbons (Fsp3) is 0.0270. The zero-order valence-corrected chi connectivity index (χ0v) is 22.5. The van der Waals surface area contributed by atoms with Crippen molar-refractivity contribution in [2.75, 3.05) is 0 Å². The standard InChI is InChI=1S/C37H25N3O/c1-3-14-29-24(4-2)34(23-15-6-5-7-16-23)39-37(38-29)40-30-21-12-10-19-27(30)32-33-28-20-11-13-22-31(28)41-36(33)26-18-9-8-17-25(26)35(32)40/h3-22H,2H2,1H3/b14-3-. The van der Waals surface area contributed by atoms with E-state index in [1.54, 1.807) is 0 Å². The summed E-state index contributed by atoms with van der Waals surface area (Å²) in [7, 11) is 0. The van der Waals surface area contributed by atoms with Gasteiger partial charge in [-0.05, 0) is 25.1 Å². The summed E-state index contributed by atoms with van der Waals surface area (Å²) in [5.74, 6) is 0.617. The molecule has 0 fully saturated rings. The van der Waals surface area contributed by atoms with E-state index >= 15 is 0 Å². The van der Waals surface area contributed by atoms with E-state index < -0.39 is 0 Å². The summed E-state index contributed by atoms with van der Waals surface area (Å²) in [6.07, 6.45) is 5.89. The zero-order valence-electron chi connectivity index (χ0n) is 22.5. The Kier molecular flexibility index (Phi) is 5.16. The van der Waals surface area contributed by atoms with E-state index in [-0.39, 0.29) is 0 Å². The minimum Gasteiger partial charge on any atom is -0.455 e. The second-order valence-electron chi connectivity index (χ2n) is 10.2. The summed E-state index contributed by atoms with van der Waals surface area (Å²) in [6.45, 7) is 6.12. The molecular formula is C37H25N3O. The number of fused-ring (bicyclic) bond motifs is 10. The zero-order chi connectivity index (χ0) is 27.5. The molecule has 41 heavy (non-hydrogen) atoms. The summed E-state index contributed by atoms with van der Waals surface area (Å²) >= 11 is 0. The molecule has 3 aromatic heterocycles. The van der Waals surface area contributed by atoms with E-state index in [9.17, 15) is 0 Å². The third kappa shape index (κ3) is 3.34. The van der Waals surface area contributed by atoms with Gasteiger partial charge in [0.05, 0.1) is 22.4 Å². The van der Waals surface area contributed by atoms with Crippen LogP contribution in [0.15, 0.2) is 120 Å². The SMILES string of the molecule is C=Cc1c(/C=C\C)nc(-n2c3ccccc3c3c4c5ccccc5oc4c4ccccc4c32)nc1-c1ccccc1. The predicted octanol–water partition coefficient (Wildman–Crippen LogP) is 9.97. The van der Waals surface area contributed by atoms with Crippen molar-refractivity contribution in [2.45, 2.75) is 6.92 Å². The van der Waals surface area contributed by atoms with Crippen LogP contribution in [0, 0.1) is 0 Å². The maximum Gasteiger partial charge on any atom is 0.235 e. The van der Waals surface area contributed by atoms with Gasteiger partial charge in [-0.25, -0.2) is 9.97 Å². The van der Waals surface area contributed by atoms with Crippen LogP contribution in [0.3, 0.4) is 0 Å². The molecule has 0 amide bonds. The number of benzene rings is 5. The van der Waals surface area contributed by atoms with Crippen molar-refractivity contribution in [1.29, 1.82) is 0 Å². The lowest BCUT2D eigenvalue weighted by molar-refractivity contribution is 0.673. The van der Waals surface area contributed by atoms with Crippen molar-refractivity contribution in [1.82, 2.24) is 14.5 Å². The predicted molar refractivity (Wildman–Crippen MR) is 171 cm³/mol. The van der Waals surface area contributed by atoms with Gasteiger partial charge in [0.25, 0.3) is 0 Å². The summed E-state index contributed by atoms with van der Waals surface area (Å²) in [5.41, 5.74) is 7.50. The van der Waals surface area contributed by atoms with Crippen molar-refractivity contribution in [2.24, 2.45) is 0 Å². The number of para-hydroxylation sites is 2. The van der Waals surface area contributed by atoms with Gasteiger partial charge >= 0.3 is 0 Å². The van der Waals surface area contributed by atoms with Crippen LogP contribution < -0.4 is 0 Å². The number of hydrogen-bond acceptors (Lipinski definition) is 3. The molecule has 0 radical (unpaired) electrons. The molecule has 0 aliphatic heterocycles. The first-order valence-electron chi connectivity index (χ1n) is 13.8. The van der Waals surface area contributed by atoms with Gasteiger partial charge in [-0.3, -0.25) is 4.57 Å². The number of nitrogens with zero attached hydrogens (tertiary/aromatic N) is 3. The van der Waals surface area contributed by atoms with Crippen LogP contribution in [0.2, 0.25) is 0 Å². The minimum absolute atomic E-state index is 0.617. The number of allylic oxidation sites excluding steroid dienone is 1. The first kappa shape index (κ1) is 23.4. The molecule has 8 rings (SSSR count). The van der Waals surface area contributed by atoms with Gasteiger partial charge in [0.1, 0.15) is 11.2 Å². The Bertz CT molecular complexity index is 2340. The van der Waals surface area contributed by atoms with Gasteiger partial charge in [-0.1, -0.05) is 110 Å². The Morgan fingerprint density at radius 2 is 1.39 bits per heavy atom. The third-order valence-electron chi connectivity index (χ3n) is 7.89. The maximum absolute atomic E-state index is 6.54. The van der Waals surface area contributed by atoms with Gasteiger partial charge in [0, 0.05) is 43.4 Å². The summed E-state index contributed by atoms with van der Waals surface area (Å²) in [6, 6.07) is 35.5. The van der Waals surface area contributed by atoms with Gasteiger partial charge < -0.3 is 4.42 Å². The second-order valence-corrected chi connectivity index (χ2v) is 10.2. The molecule has 8 aromatic rings. The molecule has 3 heterocycles. The first-order valence-corrected chi connectivity index (χ1v) is 13.8. The third-order valence-corrected chi connectivity index (χ3v) is 7.89. The Labute approximate surface area is 236 Å². The van der Waals surface area contributed by atoms with Gasteiger partial charge in [-0.15, -0.1) is 0 Å². The molecule has 0 saturated carbocycles. The lowest BCUT2D eigenvalue weighted by Crippen LogP contribution is -2.06. The summed E-state index contributed by atoms with van der Waals surface area (Å²) < 4.78 is 8.76. The molecule has 0 unspecified atom stereocenters. The van der Waals surface area contributed by atoms with Crippen LogP contribution >= 0.6 is 0 Å². The summed E-state index contributed by atoms with van der Waals surface area (Å²) in [4.78, 5) is 10.4. The number of aromatic nitrogens is 3. The smallest absolute Gasteiger partial charge is 0.235 e. The molecule has 0 aliphatic carbocycles. The first-order chi connectivity index (χ1) is 20.3. The van der Waals surface area contributed by atoms with E-state index in [1.165, 1.54) is 0 Å². The van der Waals surface area contributed by atoms with Gasteiger partial charge in [-0.2, -0.15) is 0 Å². The molecule has 5 aromatic carbocycles. The molecule has 0 saturated heterocycles. The van der Waals surface area contributed by atoms with Crippen LogP contribution in [0.5, 0.6) is 0 Å². The molecular weight excluding hydrogens is 502 g/mol. The van der Waals surface area contributed by atoms with Crippen molar-refractivity contribution in [3.8, 4) is 17.2 Å². The maximum atomic E-state index is 6.54. The van der Waals surface area contributed by atoms with Crippen molar-refractivity contribution in [3.05, 3.63) is 127 Å². The highest BCUT2D eigenvalue weighted by molar-refractivity contribution is 6.35. The van der Waals surface area contributed by atoms with Crippen molar-refractivity contribution in [3.63, 3.8) is 0 Å². The lowest BCUT2D eigenvalue weighted by atomic mass is 9.99. The van der Waals surface area contributed by atoms with E-state index in [2.05, 4.69) is 83.9 Å². The summed E-state index contributed by atoms with van der Waals surface area (Å²) in [5, 5.41) is 6.65. The monoisotopic (exact) mass is 527 g/mol. The normalized spacial score (nSPS) is 12.0. The van der Waals surface area contributed by atoms with E-state index in [4.69, 9.17) is 14.4 Å². The van der Waals surface area contributed by atoms with Crippen molar-refractivity contribution >= 4 is 66.7 Å². The highest BCUT2D eigenvalue weighted by Gasteiger charge is 2.24. The Morgan fingerprint density at radius 1 is 0.707 bits per heavy atom. The van der Waals surface area contributed by atoms with E-state index in [0.29, 0.717) is 5.95 Å². The molecule has 4 nitrogen and oxygen atoms in total. The Balaban J connectivity index is 1.63. The minimum atomic E-state index is 0.617. The topological polar surface area (TPSA) is 43.9 Å². The van der Waals surface area contributed by atoms with Crippen molar-refractivity contribution < 1.29 is 4.42 Å². The second kappa shape index (κ2) is 9.04. The van der Waals surface area contributed by atoms with Crippen LogP contribution in [0.1, 0.15) is 18.2 Å². The Hall–Kier alpha value is -5.48. The van der Waals surface area contributed by atoms with Gasteiger partial charge in [0.15, 0.2) is 0 Å². The quantitative estimate of drug-likeness (QED) is 0.229. The van der Waals surface area contributed by atoms with Gasteiger partial charge in [0.2, 0.25) is 5.95 Å². The molecule has 0 spiro atoms. The molecule has 0 bridgehead atoms. The Morgan fingerprint density at radius 3 is 2.17 bits per heavy atom. The highest BCUT2D eigenvalue weighted by atomic mass is 16.3. The molecule has 0 N–H and O–H groups in total. The lowest BCUT2D eigenvalue weighted by Gasteiger charge is -2.14. The van der Waals surface area contributed by atoms with E-state index in [0.717, 1.165) is 77.0 Å². The van der Waals surface area contributed by atoms with Crippen LogP contribution in [-0.2, 0) is 0 Å². The average molecular weight is 528 g/mol. The molecule has 0 aliphatic rings. The largest absolute Gasteiger partial charge is 0.455 e. The number of hydrogen-bond donors (Lipinski definition) is 0. The van der Waals surface area contributed by atoms with Crippen LogP contribution in [0.25, 0.3) is 83.9 Å². The molecule has 4 heteroatoms. The fourth-order valence-electron chi connectivity index (χ4n) is 6.20. The van der Waals surface area contributed by atoms with Crippen LogP contribution in [0.4, 0.5) is 0 Å². The van der Waals surface area contributed by atoms with Crippen LogP contribution in [-0.4, -0.2) is 14.5 Å². The fourth-order valence-corrected chi connectivity index (χ4v) is 6.20. The van der Waals surface area contributed by atoms with E-state index in [1.807, 2.05) is 55.5 Å².